The lowest BCUT2D eigenvalue weighted by molar-refractivity contribution is 0.363. The van der Waals surface area contributed by atoms with Gasteiger partial charge in [-0.25, -0.2) is 0 Å². The molecule has 0 bridgehead atoms. The van der Waals surface area contributed by atoms with Gasteiger partial charge >= 0.3 is 0 Å². The number of rotatable bonds is 0. The Bertz CT molecular complexity index is 149. The molecule has 0 amide bonds. The molecule has 0 spiro atoms. The molecule has 50 valence electrons. The standard InChI is InChI=1S/C9H14/c1-8-5-4-6-9(2,3)7-8/h4-5H,1,6-7H2,2-3H3. The van der Waals surface area contributed by atoms with Crippen LogP contribution in [-0.4, -0.2) is 0 Å². The minimum absolute atomic E-state index is 0.464. The van der Waals surface area contributed by atoms with E-state index in [1.807, 2.05) is 0 Å². The fraction of sp³-hybridized carbons (Fsp3) is 0.556. The molecule has 0 saturated heterocycles. The Morgan fingerprint density at radius 3 is 2.56 bits per heavy atom. The Morgan fingerprint density at radius 2 is 2.22 bits per heavy atom. The first-order chi connectivity index (χ1) is 4.10. The van der Waals surface area contributed by atoms with Crippen molar-refractivity contribution in [3.05, 3.63) is 24.3 Å². The van der Waals surface area contributed by atoms with Gasteiger partial charge in [0.15, 0.2) is 0 Å². The van der Waals surface area contributed by atoms with Gasteiger partial charge in [0.05, 0.1) is 0 Å². The van der Waals surface area contributed by atoms with Gasteiger partial charge in [-0.2, -0.15) is 0 Å². The zero-order valence-corrected chi connectivity index (χ0v) is 6.28. The van der Waals surface area contributed by atoms with Gasteiger partial charge in [0.25, 0.3) is 0 Å². The maximum atomic E-state index is 3.92. The topological polar surface area (TPSA) is 0 Å². The van der Waals surface area contributed by atoms with Crippen molar-refractivity contribution in [1.82, 2.24) is 0 Å². The highest BCUT2D eigenvalue weighted by Crippen LogP contribution is 2.32. The van der Waals surface area contributed by atoms with Crippen molar-refractivity contribution in [3.8, 4) is 0 Å². The first-order valence-electron chi connectivity index (χ1n) is 3.44. The van der Waals surface area contributed by atoms with Gasteiger partial charge in [-0.15, -0.1) is 0 Å². The molecule has 0 radical (unpaired) electrons. The highest BCUT2D eigenvalue weighted by Gasteiger charge is 2.18. The van der Waals surface area contributed by atoms with Gasteiger partial charge < -0.3 is 0 Å². The average molecular weight is 122 g/mol. The minimum Gasteiger partial charge on any atom is -0.0958 e. The van der Waals surface area contributed by atoms with Crippen LogP contribution in [0.3, 0.4) is 0 Å². The van der Waals surface area contributed by atoms with Crippen LogP contribution in [-0.2, 0) is 0 Å². The SMILES string of the molecule is C=C1C=CCC(C)(C)C1. The number of hydrogen-bond acceptors (Lipinski definition) is 0. The van der Waals surface area contributed by atoms with E-state index in [1.165, 1.54) is 12.0 Å². The lowest BCUT2D eigenvalue weighted by Crippen LogP contribution is -2.12. The maximum absolute atomic E-state index is 3.92. The van der Waals surface area contributed by atoms with Crippen molar-refractivity contribution in [3.63, 3.8) is 0 Å². The van der Waals surface area contributed by atoms with Crippen molar-refractivity contribution in [2.45, 2.75) is 26.7 Å². The average Bonchev–Trinajstić information content (AvgIpc) is 1.60. The minimum atomic E-state index is 0.464. The van der Waals surface area contributed by atoms with E-state index in [0.29, 0.717) is 5.41 Å². The molecule has 0 saturated carbocycles. The molecule has 0 heterocycles. The summed E-state index contributed by atoms with van der Waals surface area (Å²) in [5.74, 6) is 0. The summed E-state index contributed by atoms with van der Waals surface area (Å²) in [6, 6.07) is 0. The molecule has 0 fully saturated rings. The molecule has 0 nitrogen and oxygen atoms in total. The van der Waals surface area contributed by atoms with Crippen LogP contribution in [0.4, 0.5) is 0 Å². The third kappa shape index (κ3) is 1.70. The van der Waals surface area contributed by atoms with Gasteiger partial charge in [-0.3, -0.25) is 0 Å². The third-order valence-corrected chi connectivity index (χ3v) is 1.73. The van der Waals surface area contributed by atoms with E-state index in [9.17, 15) is 0 Å². The fourth-order valence-electron chi connectivity index (χ4n) is 1.29. The van der Waals surface area contributed by atoms with Gasteiger partial charge in [-0.1, -0.05) is 38.2 Å². The van der Waals surface area contributed by atoms with E-state index in [0.717, 1.165) is 6.42 Å². The van der Waals surface area contributed by atoms with E-state index in [1.54, 1.807) is 0 Å². The van der Waals surface area contributed by atoms with Crippen LogP contribution in [0, 0.1) is 5.41 Å². The molecule has 1 aliphatic rings. The van der Waals surface area contributed by atoms with Crippen LogP contribution in [0.1, 0.15) is 26.7 Å². The Kier molecular flexibility index (Phi) is 1.48. The lowest BCUT2D eigenvalue weighted by Gasteiger charge is -2.26. The summed E-state index contributed by atoms with van der Waals surface area (Å²) in [6.45, 7) is 8.48. The molecule has 0 N–H and O–H groups in total. The molecule has 1 aliphatic carbocycles. The molecule has 0 aromatic heterocycles. The van der Waals surface area contributed by atoms with E-state index in [-0.39, 0.29) is 0 Å². The van der Waals surface area contributed by atoms with E-state index in [2.05, 4.69) is 32.6 Å². The van der Waals surface area contributed by atoms with Crippen LogP contribution < -0.4 is 0 Å². The van der Waals surface area contributed by atoms with Crippen LogP contribution in [0.25, 0.3) is 0 Å². The molecule has 0 heteroatoms. The molecule has 1 rings (SSSR count). The summed E-state index contributed by atoms with van der Waals surface area (Å²) in [5.41, 5.74) is 1.73. The first-order valence-corrected chi connectivity index (χ1v) is 3.44. The van der Waals surface area contributed by atoms with Crippen LogP contribution in [0.5, 0.6) is 0 Å². The summed E-state index contributed by atoms with van der Waals surface area (Å²) in [7, 11) is 0. The highest BCUT2D eigenvalue weighted by atomic mass is 14.2. The predicted molar refractivity (Wildman–Crippen MR) is 41.3 cm³/mol. The lowest BCUT2D eigenvalue weighted by atomic mass is 9.79. The molecule has 0 unspecified atom stereocenters. The van der Waals surface area contributed by atoms with Crippen molar-refractivity contribution in [2.75, 3.05) is 0 Å². The first kappa shape index (κ1) is 6.60. The Labute approximate surface area is 57.3 Å². The number of allylic oxidation sites excluding steroid dienone is 3. The molecule has 0 atom stereocenters. The van der Waals surface area contributed by atoms with Crippen LogP contribution >= 0.6 is 0 Å². The van der Waals surface area contributed by atoms with Gasteiger partial charge in [0.2, 0.25) is 0 Å². The van der Waals surface area contributed by atoms with Crippen LogP contribution in [0.2, 0.25) is 0 Å². The highest BCUT2D eigenvalue weighted by molar-refractivity contribution is 5.20. The molecular formula is C9H14. The van der Waals surface area contributed by atoms with Gasteiger partial charge in [0, 0.05) is 0 Å². The van der Waals surface area contributed by atoms with E-state index < -0.39 is 0 Å². The second kappa shape index (κ2) is 2.02. The van der Waals surface area contributed by atoms with E-state index in [4.69, 9.17) is 0 Å². The van der Waals surface area contributed by atoms with Crippen molar-refractivity contribution < 1.29 is 0 Å². The molecule has 0 aromatic carbocycles. The zero-order valence-electron chi connectivity index (χ0n) is 6.28. The van der Waals surface area contributed by atoms with E-state index >= 15 is 0 Å². The second-order valence-electron chi connectivity index (χ2n) is 3.61. The quantitative estimate of drug-likeness (QED) is 0.463. The van der Waals surface area contributed by atoms with Crippen molar-refractivity contribution >= 4 is 0 Å². The largest absolute Gasteiger partial charge is 0.0958 e. The van der Waals surface area contributed by atoms with Crippen molar-refractivity contribution in [1.29, 1.82) is 0 Å². The summed E-state index contributed by atoms with van der Waals surface area (Å²) in [4.78, 5) is 0. The summed E-state index contributed by atoms with van der Waals surface area (Å²) in [6.07, 6.45) is 6.70. The van der Waals surface area contributed by atoms with Crippen molar-refractivity contribution in [2.24, 2.45) is 5.41 Å². The summed E-state index contributed by atoms with van der Waals surface area (Å²) < 4.78 is 0. The molecule has 0 aliphatic heterocycles. The fourth-order valence-corrected chi connectivity index (χ4v) is 1.29. The Hall–Kier alpha value is -0.520. The van der Waals surface area contributed by atoms with Gasteiger partial charge in [0.1, 0.15) is 0 Å². The zero-order chi connectivity index (χ0) is 6.91. The van der Waals surface area contributed by atoms with Crippen LogP contribution in [0.15, 0.2) is 24.3 Å². The molecule has 0 aromatic rings. The summed E-state index contributed by atoms with van der Waals surface area (Å²) >= 11 is 0. The Balaban J connectivity index is 2.68. The van der Waals surface area contributed by atoms with Gasteiger partial charge in [-0.05, 0) is 18.3 Å². The normalized spacial score (nSPS) is 24.4. The molecular weight excluding hydrogens is 108 g/mol. The Morgan fingerprint density at radius 1 is 1.56 bits per heavy atom. The monoisotopic (exact) mass is 122 g/mol. The maximum Gasteiger partial charge on any atom is -0.0230 e. The number of hydrogen-bond donors (Lipinski definition) is 0. The third-order valence-electron chi connectivity index (χ3n) is 1.73. The smallest absolute Gasteiger partial charge is 0.0230 e. The predicted octanol–water partition coefficient (Wildman–Crippen LogP) is 2.92. The summed E-state index contributed by atoms with van der Waals surface area (Å²) in [5, 5.41) is 0. The molecule has 9 heavy (non-hydrogen) atoms. The second-order valence-corrected chi connectivity index (χ2v) is 3.61.